The second-order valence-corrected chi connectivity index (χ2v) is 9.92. The molecule has 1 heterocycles. The molecule has 38 heavy (non-hydrogen) atoms. The lowest BCUT2D eigenvalue weighted by Crippen LogP contribution is -2.13. The van der Waals surface area contributed by atoms with E-state index >= 15 is 0 Å². The standard InChI is InChI=1S/C31H27FN4O2/c1-17-22(3-2-4-26(17)36-31(38)19-7-9-20(32)10-8-19)23-13-14-25(30(33)37)29-28(23)24-12-11-21(15-27(24)35-29)34-16-18-5-6-18/h2-4,7-15,18,34-35H,5-6,16H2,1H3,(H2,33,37)(H,36,38). The summed E-state index contributed by atoms with van der Waals surface area (Å²) in [7, 11) is 0. The number of nitrogens with two attached hydrogens (primary N) is 1. The highest BCUT2D eigenvalue weighted by molar-refractivity contribution is 6.20. The molecule has 0 aliphatic heterocycles. The first-order valence-electron chi connectivity index (χ1n) is 12.7. The molecule has 1 aromatic heterocycles. The molecule has 5 N–H and O–H groups in total. The molecular weight excluding hydrogens is 479 g/mol. The molecule has 2 amide bonds. The fraction of sp³-hybridized carbons (Fsp3) is 0.161. The maximum Gasteiger partial charge on any atom is 0.255 e. The minimum Gasteiger partial charge on any atom is -0.385 e. The van der Waals surface area contributed by atoms with Crippen molar-refractivity contribution in [3.8, 4) is 11.1 Å². The normalized spacial score (nSPS) is 13.1. The van der Waals surface area contributed by atoms with Crippen molar-refractivity contribution >= 4 is 45.0 Å². The number of hydrogen-bond donors (Lipinski definition) is 4. The number of rotatable bonds is 7. The number of carbonyl (C=O) groups excluding carboxylic acids is 2. The number of fused-ring (bicyclic) bond motifs is 3. The summed E-state index contributed by atoms with van der Waals surface area (Å²) in [4.78, 5) is 28.6. The van der Waals surface area contributed by atoms with Crippen LogP contribution >= 0.6 is 0 Å². The monoisotopic (exact) mass is 506 g/mol. The highest BCUT2D eigenvalue weighted by Gasteiger charge is 2.21. The summed E-state index contributed by atoms with van der Waals surface area (Å²) in [6.07, 6.45) is 2.55. The predicted octanol–water partition coefficient (Wildman–Crippen LogP) is 6.61. The number of hydrogen-bond acceptors (Lipinski definition) is 3. The number of H-pyrrole nitrogens is 1. The Labute approximate surface area is 219 Å². The van der Waals surface area contributed by atoms with Gasteiger partial charge in [-0.05, 0) is 90.9 Å². The van der Waals surface area contributed by atoms with E-state index in [1.165, 1.54) is 37.1 Å². The highest BCUT2D eigenvalue weighted by atomic mass is 19.1. The fourth-order valence-electron chi connectivity index (χ4n) is 5.00. The van der Waals surface area contributed by atoms with Crippen LogP contribution in [0.3, 0.4) is 0 Å². The Morgan fingerprint density at radius 3 is 2.53 bits per heavy atom. The minimum atomic E-state index is -0.503. The van der Waals surface area contributed by atoms with Crippen LogP contribution in [0.4, 0.5) is 15.8 Å². The largest absolute Gasteiger partial charge is 0.385 e. The molecule has 1 aliphatic rings. The molecule has 7 heteroatoms. The Bertz CT molecular complexity index is 1720. The molecule has 5 aromatic rings. The fourth-order valence-corrected chi connectivity index (χ4v) is 5.00. The summed E-state index contributed by atoms with van der Waals surface area (Å²) in [5.74, 6) is -0.469. The van der Waals surface area contributed by atoms with Crippen LogP contribution in [0.2, 0.25) is 0 Å². The summed E-state index contributed by atoms with van der Waals surface area (Å²) in [6.45, 7) is 2.90. The Kier molecular flexibility index (Phi) is 5.83. The van der Waals surface area contributed by atoms with Gasteiger partial charge in [0.05, 0.1) is 11.1 Å². The van der Waals surface area contributed by atoms with Crippen LogP contribution in [-0.4, -0.2) is 23.3 Å². The van der Waals surface area contributed by atoms with Crippen molar-refractivity contribution in [2.45, 2.75) is 19.8 Å². The number of aromatic nitrogens is 1. The quantitative estimate of drug-likeness (QED) is 0.200. The molecule has 0 spiro atoms. The molecule has 0 unspecified atom stereocenters. The third kappa shape index (κ3) is 4.36. The first-order valence-corrected chi connectivity index (χ1v) is 12.7. The van der Waals surface area contributed by atoms with Crippen LogP contribution in [0.25, 0.3) is 32.9 Å². The van der Waals surface area contributed by atoms with E-state index in [2.05, 4.69) is 33.8 Å². The predicted molar refractivity (Wildman–Crippen MR) is 150 cm³/mol. The second-order valence-electron chi connectivity index (χ2n) is 9.92. The maximum atomic E-state index is 13.3. The molecule has 0 atom stereocenters. The molecule has 1 aliphatic carbocycles. The van der Waals surface area contributed by atoms with Crippen LogP contribution in [0.5, 0.6) is 0 Å². The van der Waals surface area contributed by atoms with E-state index < -0.39 is 11.7 Å². The van der Waals surface area contributed by atoms with Crippen molar-refractivity contribution in [2.24, 2.45) is 11.7 Å². The number of anilines is 2. The first kappa shape index (κ1) is 23.7. The first-order chi connectivity index (χ1) is 18.4. The van der Waals surface area contributed by atoms with Gasteiger partial charge in [-0.1, -0.05) is 24.3 Å². The lowest BCUT2D eigenvalue weighted by atomic mass is 9.93. The van der Waals surface area contributed by atoms with Gasteiger partial charge < -0.3 is 21.4 Å². The van der Waals surface area contributed by atoms with E-state index in [9.17, 15) is 14.0 Å². The van der Waals surface area contributed by atoms with Gasteiger partial charge in [-0.25, -0.2) is 4.39 Å². The average molecular weight is 507 g/mol. The smallest absolute Gasteiger partial charge is 0.255 e. The van der Waals surface area contributed by atoms with E-state index in [-0.39, 0.29) is 5.91 Å². The van der Waals surface area contributed by atoms with Gasteiger partial charge >= 0.3 is 0 Å². The third-order valence-corrected chi connectivity index (χ3v) is 7.29. The van der Waals surface area contributed by atoms with Crippen LogP contribution < -0.4 is 16.4 Å². The van der Waals surface area contributed by atoms with E-state index in [4.69, 9.17) is 5.73 Å². The number of carbonyl (C=O) groups is 2. The number of primary amides is 1. The lowest BCUT2D eigenvalue weighted by Gasteiger charge is -2.15. The number of amides is 2. The van der Waals surface area contributed by atoms with E-state index in [1.54, 1.807) is 6.07 Å². The molecule has 6 rings (SSSR count). The molecule has 6 nitrogen and oxygen atoms in total. The molecular formula is C31H27FN4O2. The van der Waals surface area contributed by atoms with Crippen LogP contribution in [0, 0.1) is 18.7 Å². The Morgan fingerprint density at radius 1 is 1.00 bits per heavy atom. The second kappa shape index (κ2) is 9.34. The minimum absolute atomic E-state index is 0.321. The van der Waals surface area contributed by atoms with Crippen molar-refractivity contribution in [3.05, 3.63) is 95.3 Å². The molecule has 1 fully saturated rings. The van der Waals surface area contributed by atoms with Crippen molar-refractivity contribution in [3.63, 3.8) is 0 Å². The Hall–Kier alpha value is -4.65. The van der Waals surface area contributed by atoms with Crippen molar-refractivity contribution < 1.29 is 14.0 Å². The van der Waals surface area contributed by atoms with Crippen LogP contribution in [0.15, 0.2) is 72.8 Å². The van der Waals surface area contributed by atoms with Gasteiger partial charge in [0.1, 0.15) is 5.82 Å². The summed E-state index contributed by atoms with van der Waals surface area (Å²) >= 11 is 0. The van der Waals surface area contributed by atoms with Crippen molar-refractivity contribution in [1.82, 2.24) is 4.98 Å². The van der Waals surface area contributed by atoms with Gasteiger partial charge in [0.2, 0.25) is 0 Å². The molecule has 190 valence electrons. The van der Waals surface area contributed by atoms with E-state index in [1.807, 2.05) is 31.2 Å². The van der Waals surface area contributed by atoms with Gasteiger partial charge in [-0.2, -0.15) is 0 Å². The van der Waals surface area contributed by atoms with Crippen molar-refractivity contribution in [1.29, 1.82) is 0 Å². The molecule has 4 aromatic carbocycles. The van der Waals surface area contributed by atoms with Gasteiger partial charge in [0.15, 0.2) is 0 Å². The average Bonchev–Trinajstić information content (AvgIpc) is 3.66. The topological polar surface area (TPSA) is 100 Å². The van der Waals surface area contributed by atoms with E-state index in [0.29, 0.717) is 22.3 Å². The molecule has 1 saturated carbocycles. The summed E-state index contributed by atoms with van der Waals surface area (Å²) < 4.78 is 13.3. The van der Waals surface area contributed by atoms with Gasteiger partial charge in [0.25, 0.3) is 11.8 Å². The summed E-state index contributed by atoms with van der Waals surface area (Å²) in [5, 5.41) is 8.33. The number of benzene rings is 4. The van der Waals surface area contributed by atoms with Gasteiger partial charge in [0, 0.05) is 39.8 Å². The van der Waals surface area contributed by atoms with Crippen molar-refractivity contribution in [2.75, 3.05) is 17.2 Å². The zero-order chi connectivity index (χ0) is 26.4. The SMILES string of the molecule is Cc1c(NC(=O)c2ccc(F)cc2)cccc1-c1ccc(C(N)=O)c2[nH]c3cc(NCC4CC4)ccc3c12. The third-order valence-electron chi connectivity index (χ3n) is 7.29. The lowest BCUT2D eigenvalue weighted by molar-refractivity contribution is 0.0999. The van der Waals surface area contributed by atoms with Gasteiger partial charge in [-0.15, -0.1) is 0 Å². The molecule has 0 saturated heterocycles. The van der Waals surface area contributed by atoms with Gasteiger partial charge in [-0.3, -0.25) is 9.59 Å². The van der Waals surface area contributed by atoms with E-state index in [0.717, 1.165) is 51.1 Å². The number of halogens is 1. The Morgan fingerprint density at radius 2 is 1.79 bits per heavy atom. The summed E-state index contributed by atoms with van der Waals surface area (Å²) in [6, 6.07) is 21.0. The Balaban J connectivity index is 1.44. The molecule has 0 radical (unpaired) electrons. The zero-order valence-corrected chi connectivity index (χ0v) is 20.9. The number of nitrogens with one attached hydrogen (secondary N) is 3. The highest BCUT2D eigenvalue weighted by Crippen LogP contribution is 2.40. The molecule has 0 bridgehead atoms. The summed E-state index contributed by atoms with van der Waals surface area (Å²) in [5.41, 5.74) is 12.5. The van der Waals surface area contributed by atoms with Crippen LogP contribution in [-0.2, 0) is 0 Å². The zero-order valence-electron chi connectivity index (χ0n) is 20.9. The maximum absolute atomic E-state index is 13.3. The number of aromatic amines is 1. The van der Waals surface area contributed by atoms with Crippen LogP contribution in [0.1, 0.15) is 39.1 Å².